The summed E-state index contributed by atoms with van der Waals surface area (Å²) in [5.41, 5.74) is 0.425. The van der Waals surface area contributed by atoms with Crippen molar-refractivity contribution in [2.24, 2.45) is 0 Å². The summed E-state index contributed by atoms with van der Waals surface area (Å²) >= 11 is 5.63. The molecular weight excluding hydrogens is 229 g/mol. The van der Waals surface area contributed by atoms with Crippen molar-refractivity contribution in [3.05, 3.63) is 35.7 Å². The van der Waals surface area contributed by atoms with Gasteiger partial charge in [-0.1, -0.05) is 23.4 Å². The van der Waals surface area contributed by atoms with E-state index >= 15 is 0 Å². The summed E-state index contributed by atoms with van der Waals surface area (Å²) in [4.78, 5) is 3.87. The third-order valence-electron chi connectivity index (χ3n) is 1.61. The van der Waals surface area contributed by atoms with Crippen LogP contribution in [0.2, 0.25) is 5.02 Å². The van der Waals surface area contributed by atoms with E-state index in [2.05, 4.69) is 4.98 Å². The molecule has 0 radical (unpaired) electrons. The first-order valence-electron chi connectivity index (χ1n) is 3.64. The monoisotopic (exact) mass is 233 g/mol. The van der Waals surface area contributed by atoms with E-state index in [4.69, 9.17) is 16.0 Å². The van der Waals surface area contributed by atoms with E-state index in [1.807, 2.05) is 0 Å². The van der Waals surface area contributed by atoms with Crippen LogP contribution in [0.1, 0.15) is 0 Å². The van der Waals surface area contributed by atoms with E-state index in [0.29, 0.717) is 16.5 Å². The van der Waals surface area contributed by atoms with Gasteiger partial charge in [-0.05, 0) is 12.1 Å². The minimum Gasteiger partial charge on any atom is -0.872 e. The molecule has 1 aromatic carbocycles. The predicted molar refractivity (Wildman–Crippen MR) is 46.4 cm³/mol. The van der Waals surface area contributed by atoms with Crippen LogP contribution in [0.4, 0.5) is 0 Å². The second-order valence-electron chi connectivity index (χ2n) is 2.48. The van der Waals surface area contributed by atoms with E-state index in [9.17, 15) is 5.11 Å². The summed E-state index contributed by atoms with van der Waals surface area (Å²) in [6.07, 6.45) is 2.91. The van der Waals surface area contributed by atoms with Crippen LogP contribution in [0.25, 0.3) is 11.5 Å². The predicted octanol–water partition coefficient (Wildman–Crippen LogP) is -0.927. The van der Waals surface area contributed by atoms with Crippen LogP contribution in [-0.2, 0) is 0 Å². The van der Waals surface area contributed by atoms with Gasteiger partial charge in [0.25, 0.3) is 0 Å². The van der Waals surface area contributed by atoms with Crippen LogP contribution in [-0.4, -0.2) is 4.98 Å². The Kier molecular flexibility index (Phi) is 4.63. The molecule has 0 unspecified atom stereocenters. The first-order chi connectivity index (χ1) is 6.27. The van der Waals surface area contributed by atoms with Crippen molar-refractivity contribution in [1.29, 1.82) is 0 Å². The quantitative estimate of drug-likeness (QED) is 0.599. The molecule has 2 aromatic rings. The van der Waals surface area contributed by atoms with Gasteiger partial charge in [0.2, 0.25) is 5.89 Å². The van der Waals surface area contributed by atoms with Crippen LogP contribution in [0.3, 0.4) is 0 Å². The van der Waals surface area contributed by atoms with Crippen molar-refractivity contribution in [3.63, 3.8) is 0 Å². The molecule has 1 aromatic heterocycles. The van der Waals surface area contributed by atoms with Gasteiger partial charge in [-0.25, -0.2) is 4.98 Å². The maximum atomic E-state index is 11.4. The van der Waals surface area contributed by atoms with E-state index in [0.717, 1.165) is 0 Å². The van der Waals surface area contributed by atoms with Gasteiger partial charge in [-0.15, -0.1) is 0 Å². The normalized spacial score (nSPS) is 9.50. The van der Waals surface area contributed by atoms with E-state index in [-0.39, 0.29) is 57.1 Å². The molecule has 0 spiro atoms. The van der Waals surface area contributed by atoms with Crippen LogP contribution in [0.5, 0.6) is 5.75 Å². The second kappa shape index (κ2) is 5.30. The van der Waals surface area contributed by atoms with Crippen molar-refractivity contribution in [2.75, 3.05) is 0 Å². The zero-order valence-corrected chi connectivity index (χ0v) is 11.4. The maximum absolute atomic E-state index is 11.4. The Labute approximate surface area is 129 Å². The smallest absolute Gasteiger partial charge is 0.872 e. The Hall–Kier alpha value is 0.156. The van der Waals surface area contributed by atoms with Gasteiger partial charge in [-0.3, -0.25) is 0 Å². The maximum Gasteiger partial charge on any atom is 1.00 e. The second-order valence-corrected chi connectivity index (χ2v) is 2.91. The number of hydrogen-bond donors (Lipinski definition) is 0. The number of rotatable bonds is 1. The van der Waals surface area contributed by atoms with Crippen LogP contribution in [0, 0.1) is 0 Å². The zero-order chi connectivity index (χ0) is 9.26. The summed E-state index contributed by atoms with van der Waals surface area (Å²) in [7, 11) is 0. The fourth-order valence-corrected chi connectivity index (χ4v) is 1.19. The van der Waals surface area contributed by atoms with Gasteiger partial charge in [0.05, 0.1) is 6.20 Å². The van der Waals surface area contributed by atoms with Gasteiger partial charge in [-0.2, -0.15) is 0 Å². The topological polar surface area (TPSA) is 49.1 Å². The first kappa shape index (κ1) is 12.2. The number of aromatic nitrogens is 1. The Bertz CT molecular complexity index is 417. The molecule has 0 aliphatic carbocycles. The molecule has 5 heteroatoms. The SMILES string of the molecule is [K+].[O-]c1cc(Cl)ccc1-c1ncco1. The van der Waals surface area contributed by atoms with Crippen molar-refractivity contribution in [3.8, 4) is 17.2 Å². The number of hydrogen-bond acceptors (Lipinski definition) is 3. The molecule has 0 amide bonds. The summed E-state index contributed by atoms with van der Waals surface area (Å²) in [5, 5.41) is 11.8. The standard InChI is InChI=1S/C9H6ClNO2.K/c10-6-1-2-7(8(12)5-6)9-11-3-4-13-9;/h1-5,12H;/q;+1/p-1. The molecule has 2 rings (SSSR count). The van der Waals surface area contributed by atoms with Gasteiger partial charge in [0.15, 0.2) is 0 Å². The number of benzene rings is 1. The average Bonchev–Trinajstić information content (AvgIpc) is 2.56. The first-order valence-corrected chi connectivity index (χ1v) is 4.01. The third-order valence-corrected chi connectivity index (χ3v) is 1.84. The summed E-state index contributed by atoms with van der Waals surface area (Å²) in [6.45, 7) is 0. The van der Waals surface area contributed by atoms with E-state index < -0.39 is 0 Å². The zero-order valence-electron chi connectivity index (χ0n) is 7.53. The van der Waals surface area contributed by atoms with Crippen molar-refractivity contribution < 1.29 is 60.9 Å². The molecule has 66 valence electrons. The fourth-order valence-electron chi connectivity index (χ4n) is 1.03. The molecule has 0 fully saturated rings. The average molecular weight is 234 g/mol. The molecule has 14 heavy (non-hydrogen) atoms. The minimum absolute atomic E-state index is 0. The van der Waals surface area contributed by atoms with Crippen LogP contribution in [0.15, 0.2) is 35.1 Å². The van der Waals surface area contributed by atoms with E-state index in [1.54, 1.807) is 12.1 Å². The summed E-state index contributed by atoms with van der Waals surface area (Å²) in [6, 6.07) is 4.56. The number of nitrogens with zero attached hydrogens (tertiary/aromatic N) is 1. The fraction of sp³-hybridized carbons (Fsp3) is 0. The van der Waals surface area contributed by atoms with Crippen LogP contribution >= 0.6 is 11.6 Å². The Morgan fingerprint density at radius 3 is 2.71 bits per heavy atom. The van der Waals surface area contributed by atoms with Gasteiger partial charge >= 0.3 is 51.4 Å². The molecule has 0 saturated carbocycles. The van der Waals surface area contributed by atoms with Gasteiger partial charge in [0.1, 0.15) is 6.26 Å². The summed E-state index contributed by atoms with van der Waals surface area (Å²) < 4.78 is 4.99. The minimum atomic E-state index is -0.185. The van der Waals surface area contributed by atoms with Gasteiger partial charge < -0.3 is 9.52 Å². The molecule has 0 saturated heterocycles. The van der Waals surface area contributed by atoms with E-state index in [1.165, 1.54) is 18.5 Å². The largest absolute Gasteiger partial charge is 1.00 e. The van der Waals surface area contributed by atoms with Crippen molar-refractivity contribution in [2.45, 2.75) is 0 Å². The van der Waals surface area contributed by atoms with Crippen molar-refractivity contribution >= 4 is 11.6 Å². The Morgan fingerprint density at radius 2 is 2.14 bits per heavy atom. The molecule has 0 aliphatic heterocycles. The Morgan fingerprint density at radius 1 is 1.36 bits per heavy atom. The van der Waals surface area contributed by atoms with Gasteiger partial charge in [0, 0.05) is 10.6 Å². The Balaban J connectivity index is 0.000000980. The summed E-state index contributed by atoms with van der Waals surface area (Å²) in [5.74, 6) is 0.136. The number of halogens is 1. The molecule has 0 bridgehead atoms. The molecular formula is C9H5ClKNO2. The molecule has 0 N–H and O–H groups in total. The third kappa shape index (κ3) is 2.59. The molecule has 1 heterocycles. The van der Waals surface area contributed by atoms with Crippen LogP contribution < -0.4 is 56.5 Å². The molecule has 0 aliphatic rings. The molecule has 3 nitrogen and oxygen atoms in total. The molecule has 0 atom stereocenters. The number of oxazole rings is 1. The van der Waals surface area contributed by atoms with Crippen molar-refractivity contribution in [1.82, 2.24) is 4.98 Å².